The number of hydrogen-bond acceptors (Lipinski definition) is 3. The number of amides is 2. The Balaban J connectivity index is 2.23. The minimum Gasteiger partial charge on any atom is -0.469 e. The Morgan fingerprint density at radius 1 is 1.43 bits per heavy atom. The summed E-state index contributed by atoms with van der Waals surface area (Å²) in [7, 11) is 0. The molecule has 0 spiro atoms. The van der Waals surface area contributed by atoms with Crippen molar-refractivity contribution in [3.8, 4) is 0 Å². The molecule has 1 aliphatic rings. The van der Waals surface area contributed by atoms with Crippen molar-refractivity contribution >= 4 is 11.8 Å². The fourth-order valence-corrected chi connectivity index (χ4v) is 2.56. The van der Waals surface area contributed by atoms with Crippen LogP contribution in [-0.4, -0.2) is 36.0 Å². The lowest BCUT2D eigenvalue weighted by molar-refractivity contribution is -0.182. The van der Waals surface area contributed by atoms with E-state index in [-0.39, 0.29) is 12.1 Å². The molecule has 0 aliphatic carbocycles. The normalized spacial score (nSPS) is 22.6. The maximum Gasteiger partial charge on any atom is 0.394 e. The largest absolute Gasteiger partial charge is 0.469 e. The summed E-state index contributed by atoms with van der Waals surface area (Å²) < 4.78 is 43.9. The zero-order chi connectivity index (χ0) is 15.8. The Morgan fingerprint density at radius 3 is 2.57 bits per heavy atom. The molecule has 2 heterocycles. The highest BCUT2D eigenvalue weighted by molar-refractivity contribution is 5.96. The van der Waals surface area contributed by atoms with Crippen LogP contribution >= 0.6 is 0 Å². The van der Waals surface area contributed by atoms with Crippen LogP contribution in [0, 0.1) is 11.8 Å². The number of likely N-dealkylation sites (tertiary alicyclic amines) is 1. The van der Waals surface area contributed by atoms with Crippen molar-refractivity contribution in [3.63, 3.8) is 0 Å². The average Bonchev–Trinajstić information content (AvgIpc) is 3.03. The van der Waals surface area contributed by atoms with Crippen molar-refractivity contribution in [2.45, 2.75) is 19.5 Å². The van der Waals surface area contributed by atoms with Crippen LogP contribution in [0.4, 0.5) is 13.2 Å². The lowest BCUT2D eigenvalue weighted by atomic mass is 9.95. The topological polar surface area (TPSA) is 76.5 Å². The molecular formula is C13H15F3N2O3. The molecule has 0 saturated carbocycles. The second-order valence-electron chi connectivity index (χ2n) is 4.98. The molecule has 2 atom stereocenters. The Labute approximate surface area is 118 Å². The molecule has 0 unspecified atom stereocenters. The number of furan rings is 1. The van der Waals surface area contributed by atoms with Crippen molar-refractivity contribution in [2.75, 3.05) is 13.1 Å². The molecule has 8 heteroatoms. The van der Waals surface area contributed by atoms with Gasteiger partial charge in [0.25, 0.3) is 5.91 Å². The van der Waals surface area contributed by atoms with E-state index >= 15 is 0 Å². The molecule has 1 aromatic rings. The van der Waals surface area contributed by atoms with E-state index in [0.717, 1.165) is 4.90 Å². The SMILES string of the molecule is CCc1occc1C(=O)N1C[C@@H](C(F)(F)F)[C@H](C(N)=O)C1. The van der Waals surface area contributed by atoms with Crippen LogP contribution in [0.25, 0.3) is 0 Å². The van der Waals surface area contributed by atoms with Gasteiger partial charge >= 0.3 is 6.18 Å². The Morgan fingerprint density at radius 2 is 2.10 bits per heavy atom. The summed E-state index contributed by atoms with van der Waals surface area (Å²) in [6, 6.07) is 1.42. The van der Waals surface area contributed by atoms with Crippen LogP contribution in [0.15, 0.2) is 16.7 Å². The second kappa shape index (κ2) is 5.42. The first-order valence-electron chi connectivity index (χ1n) is 6.47. The summed E-state index contributed by atoms with van der Waals surface area (Å²) in [4.78, 5) is 24.5. The number of nitrogens with zero attached hydrogens (tertiary/aromatic N) is 1. The maximum absolute atomic E-state index is 12.9. The van der Waals surface area contributed by atoms with Gasteiger partial charge < -0.3 is 15.1 Å². The fourth-order valence-electron chi connectivity index (χ4n) is 2.56. The van der Waals surface area contributed by atoms with E-state index in [9.17, 15) is 22.8 Å². The highest BCUT2D eigenvalue weighted by Gasteiger charge is 2.53. The third-order valence-corrected chi connectivity index (χ3v) is 3.69. The molecule has 2 amide bonds. The van der Waals surface area contributed by atoms with Gasteiger partial charge in [-0.2, -0.15) is 13.2 Å². The third kappa shape index (κ3) is 2.88. The standard InChI is InChI=1S/C13H15F3N2O3/c1-2-10-7(3-4-21-10)12(20)18-5-8(11(17)19)9(6-18)13(14,15)16/h3-4,8-9H,2,5-6H2,1H3,(H2,17,19)/t8-,9-/m1/s1. The van der Waals surface area contributed by atoms with Gasteiger partial charge in [-0.1, -0.05) is 6.92 Å². The lowest BCUT2D eigenvalue weighted by Gasteiger charge is -2.18. The van der Waals surface area contributed by atoms with Crippen molar-refractivity contribution in [3.05, 3.63) is 23.7 Å². The number of carbonyl (C=O) groups is 2. The molecule has 0 aromatic carbocycles. The summed E-state index contributed by atoms with van der Waals surface area (Å²) in [6.45, 7) is 0.876. The Hall–Kier alpha value is -1.99. The summed E-state index contributed by atoms with van der Waals surface area (Å²) in [6.07, 6.45) is -2.81. The highest BCUT2D eigenvalue weighted by Crippen LogP contribution is 2.38. The first kappa shape index (κ1) is 15.4. The van der Waals surface area contributed by atoms with Crippen LogP contribution in [-0.2, 0) is 11.2 Å². The zero-order valence-corrected chi connectivity index (χ0v) is 11.3. The molecule has 2 N–H and O–H groups in total. The zero-order valence-electron chi connectivity index (χ0n) is 11.3. The Bertz CT molecular complexity index is 553. The predicted octanol–water partition coefficient (Wildman–Crippen LogP) is 1.58. The number of carbonyl (C=O) groups excluding carboxylic acids is 2. The van der Waals surface area contributed by atoms with E-state index in [1.165, 1.54) is 12.3 Å². The number of primary amides is 1. The molecule has 2 rings (SSSR count). The van der Waals surface area contributed by atoms with Gasteiger partial charge in [-0.3, -0.25) is 9.59 Å². The van der Waals surface area contributed by atoms with Crippen LogP contribution < -0.4 is 5.73 Å². The van der Waals surface area contributed by atoms with Gasteiger partial charge in [0.05, 0.1) is 23.7 Å². The third-order valence-electron chi connectivity index (χ3n) is 3.69. The molecule has 1 fully saturated rings. The molecule has 1 saturated heterocycles. The van der Waals surface area contributed by atoms with E-state index in [0.29, 0.717) is 12.2 Å². The minimum absolute atomic E-state index is 0.226. The molecule has 116 valence electrons. The molecule has 5 nitrogen and oxygen atoms in total. The molecule has 1 aromatic heterocycles. The van der Waals surface area contributed by atoms with E-state index < -0.39 is 36.4 Å². The number of aryl methyl sites for hydroxylation is 1. The van der Waals surface area contributed by atoms with Crippen molar-refractivity contribution in [1.82, 2.24) is 4.90 Å². The van der Waals surface area contributed by atoms with Crippen LogP contribution in [0.3, 0.4) is 0 Å². The Kier molecular flexibility index (Phi) is 3.97. The van der Waals surface area contributed by atoms with Gasteiger partial charge in [-0.05, 0) is 6.07 Å². The van der Waals surface area contributed by atoms with Gasteiger partial charge in [-0.25, -0.2) is 0 Å². The number of nitrogens with two attached hydrogens (primary N) is 1. The summed E-state index contributed by atoms with van der Waals surface area (Å²) in [5, 5.41) is 0. The van der Waals surface area contributed by atoms with Crippen molar-refractivity contribution in [2.24, 2.45) is 17.6 Å². The minimum atomic E-state index is -4.57. The monoisotopic (exact) mass is 304 g/mol. The smallest absolute Gasteiger partial charge is 0.394 e. The first-order valence-corrected chi connectivity index (χ1v) is 6.47. The van der Waals surface area contributed by atoms with Crippen LogP contribution in [0.5, 0.6) is 0 Å². The van der Waals surface area contributed by atoms with Gasteiger partial charge in [0.15, 0.2) is 0 Å². The van der Waals surface area contributed by atoms with Crippen molar-refractivity contribution in [1.29, 1.82) is 0 Å². The van der Waals surface area contributed by atoms with Crippen LogP contribution in [0.2, 0.25) is 0 Å². The average molecular weight is 304 g/mol. The van der Waals surface area contributed by atoms with Gasteiger partial charge in [0.2, 0.25) is 5.91 Å². The fraction of sp³-hybridized carbons (Fsp3) is 0.538. The molecule has 21 heavy (non-hydrogen) atoms. The van der Waals surface area contributed by atoms with Gasteiger partial charge in [0.1, 0.15) is 5.76 Å². The van der Waals surface area contributed by atoms with E-state index in [1.807, 2.05) is 0 Å². The van der Waals surface area contributed by atoms with Gasteiger partial charge in [0, 0.05) is 19.5 Å². The number of rotatable bonds is 3. The van der Waals surface area contributed by atoms with Gasteiger partial charge in [-0.15, -0.1) is 0 Å². The summed E-state index contributed by atoms with van der Waals surface area (Å²) in [5.74, 6) is -4.54. The summed E-state index contributed by atoms with van der Waals surface area (Å²) in [5.41, 5.74) is 5.25. The molecular weight excluding hydrogens is 289 g/mol. The predicted molar refractivity (Wildman–Crippen MR) is 66.2 cm³/mol. The quantitative estimate of drug-likeness (QED) is 0.921. The van der Waals surface area contributed by atoms with E-state index in [2.05, 4.69) is 0 Å². The number of halogens is 3. The highest BCUT2D eigenvalue weighted by atomic mass is 19.4. The molecule has 1 aliphatic heterocycles. The van der Waals surface area contributed by atoms with E-state index in [4.69, 9.17) is 10.2 Å². The number of alkyl halides is 3. The van der Waals surface area contributed by atoms with Crippen molar-refractivity contribution < 1.29 is 27.2 Å². The second-order valence-corrected chi connectivity index (χ2v) is 4.98. The van der Waals surface area contributed by atoms with E-state index in [1.54, 1.807) is 6.92 Å². The summed E-state index contributed by atoms with van der Waals surface area (Å²) >= 11 is 0. The molecule has 0 bridgehead atoms. The first-order chi connectivity index (χ1) is 9.75. The number of hydrogen-bond donors (Lipinski definition) is 1. The van der Waals surface area contributed by atoms with Crippen LogP contribution in [0.1, 0.15) is 23.0 Å². The lowest BCUT2D eigenvalue weighted by Crippen LogP contribution is -2.37. The maximum atomic E-state index is 12.9. The molecule has 0 radical (unpaired) electrons.